The molecule has 2 fully saturated rings. The zero-order chi connectivity index (χ0) is 11.6. The molecule has 0 spiro atoms. The first-order chi connectivity index (χ1) is 7.58. The standard InChI is InChI=1S/C12H19F2NO/c13-12(14)6-4-10(5-7-12)11(16)15-8-2-1-3-9-15/h10H,1-9H2. The molecule has 0 aromatic carbocycles. The van der Waals surface area contributed by atoms with Gasteiger partial charge in [0.05, 0.1) is 0 Å². The highest BCUT2D eigenvalue weighted by Crippen LogP contribution is 2.37. The lowest BCUT2D eigenvalue weighted by Crippen LogP contribution is -2.41. The molecule has 0 radical (unpaired) electrons. The number of hydrogen-bond acceptors (Lipinski definition) is 1. The number of piperidine rings is 1. The third-order valence-electron chi connectivity index (χ3n) is 3.73. The fraction of sp³-hybridized carbons (Fsp3) is 0.917. The van der Waals surface area contributed by atoms with E-state index in [4.69, 9.17) is 0 Å². The number of nitrogens with zero attached hydrogens (tertiary/aromatic N) is 1. The van der Waals surface area contributed by atoms with Crippen LogP contribution in [-0.4, -0.2) is 29.8 Å². The van der Waals surface area contributed by atoms with Crippen LogP contribution in [0.5, 0.6) is 0 Å². The van der Waals surface area contributed by atoms with E-state index in [-0.39, 0.29) is 24.7 Å². The molecule has 16 heavy (non-hydrogen) atoms. The first-order valence-electron chi connectivity index (χ1n) is 6.25. The second kappa shape index (κ2) is 4.68. The van der Waals surface area contributed by atoms with Crippen molar-refractivity contribution >= 4 is 5.91 Å². The predicted octanol–water partition coefficient (Wildman–Crippen LogP) is 2.82. The van der Waals surface area contributed by atoms with E-state index in [1.807, 2.05) is 4.90 Å². The van der Waals surface area contributed by atoms with E-state index in [1.54, 1.807) is 0 Å². The third kappa shape index (κ3) is 2.71. The van der Waals surface area contributed by atoms with Crippen LogP contribution in [0.1, 0.15) is 44.9 Å². The maximum Gasteiger partial charge on any atom is 0.248 e. The summed E-state index contributed by atoms with van der Waals surface area (Å²) in [4.78, 5) is 13.9. The number of alkyl halides is 2. The van der Waals surface area contributed by atoms with E-state index in [0.29, 0.717) is 12.8 Å². The Balaban J connectivity index is 1.86. The lowest BCUT2D eigenvalue weighted by Gasteiger charge is -2.33. The quantitative estimate of drug-likeness (QED) is 0.679. The normalized spacial score (nSPS) is 26.8. The first kappa shape index (κ1) is 11.8. The zero-order valence-corrected chi connectivity index (χ0v) is 9.55. The van der Waals surface area contributed by atoms with E-state index in [9.17, 15) is 13.6 Å². The van der Waals surface area contributed by atoms with E-state index in [2.05, 4.69) is 0 Å². The highest BCUT2D eigenvalue weighted by molar-refractivity contribution is 5.79. The Hall–Kier alpha value is -0.670. The minimum absolute atomic E-state index is 0.114. The molecule has 4 heteroatoms. The molecule has 1 saturated heterocycles. The molecule has 1 saturated carbocycles. The molecule has 2 nitrogen and oxygen atoms in total. The monoisotopic (exact) mass is 231 g/mol. The lowest BCUT2D eigenvalue weighted by molar-refractivity contribution is -0.140. The first-order valence-corrected chi connectivity index (χ1v) is 6.25. The largest absolute Gasteiger partial charge is 0.342 e. The molecule has 1 heterocycles. The van der Waals surface area contributed by atoms with Gasteiger partial charge in [-0.25, -0.2) is 8.78 Å². The van der Waals surface area contributed by atoms with E-state index in [0.717, 1.165) is 25.9 Å². The molecule has 0 aromatic heterocycles. The van der Waals surface area contributed by atoms with Crippen molar-refractivity contribution in [2.45, 2.75) is 50.9 Å². The Morgan fingerprint density at radius 3 is 2.19 bits per heavy atom. The van der Waals surface area contributed by atoms with Crippen molar-refractivity contribution in [3.05, 3.63) is 0 Å². The summed E-state index contributed by atoms with van der Waals surface area (Å²) >= 11 is 0. The van der Waals surface area contributed by atoms with E-state index < -0.39 is 5.92 Å². The minimum atomic E-state index is -2.53. The Kier molecular flexibility index (Phi) is 3.45. The van der Waals surface area contributed by atoms with Gasteiger partial charge in [-0.3, -0.25) is 4.79 Å². The summed E-state index contributed by atoms with van der Waals surface area (Å²) in [7, 11) is 0. The van der Waals surface area contributed by atoms with Gasteiger partial charge in [-0.15, -0.1) is 0 Å². The fourth-order valence-corrected chi connectivity index (χ4v) is 2.66. The minimum Gasteiger partial charge on any atom is -0.342 e. The van der Waals surface area contributed by atoms with E-state index in [1.165, 1.54) is 6.42 Å². The smallest absolute Gasteiger partial charge is 0.248 e. The van der Waals surface area contributed by atoms with E-state index >= 15 is 0 Å². The maximum atomic E-state index is 13.0. The van der Waals surface area contributed by atoms with Crippen molar-refractivity contribution < 1.29 is 13.6 Å². The molecule has 2 aliphatic rings. The maximum absolute atomic E-state index is 13.0. The zero-order valence-electron chi connectivity index (χ0n) is 9.55. The van der Waals surface area contributed by atoms with Crippen LogP contribution in [0.4, 0.5) is 8.78 Å². The second-order valence-electron chi connectivity index (χ2n) is 5.02. The van der Waals surface area contributed by atoms with Gasteiger partial charge in [-0.1, -0.05) is 0 Å². The van der Waals surface area contributed by atoms with Crippen LogP contribution < -0.4 is 0 Å². The van der Waals surface area contributed by atoms with Crippen LogP contribution in [0, 0.1) is 5.92 Å². The summed E-state index contributed by atoms with van der Waals surface area (Å²) in [5.41, 5.74) is 0. The van der Waals surface area contributed by atoms with Gasteiger partial charge in [-0.05, 0) is 32.1 Å². The van der Waals surface area contributed by atoms with Crippen LogP contribution >= 0.6 is 0 Å². The summed E-state index contributed by atoms with van der Waals surface area (Å²) in [6.45, 7) is 1.65. The van der Waals surface area contributed by atoms with Gasteiger partial charge in [0, 0.05) is 31.8 Å². The van der Waals surface area contributed by atoms with Crippen molar-refractivity contribution in [1.82, 2.24) is 4.90 Å². The van der Waals surface area contributed by atoms with Gasteiger partial charge in [0.25, 0.3) is 0 Å². The van der Waals surface area contributed by atoms with Crippen molar-refractivity contribution in [1.29, 1.82) is 0 Å². The average molecular weight is 231 g/mol. The van der Waals surface area contributed by atoms with Gasteiger partial charge in [0.2, 0.25) is 11.8 Å². The summed E-state index contributed by atoms with van der Waals surface area (Å²) in [6, 6.07) is 0. The molecule has 1 amide bonds. The molecule has 0 atom stereocenters. The molecule has 1 aliphatic carbocycles. The molecule has 0 bridgehead atoms. The van der Waals surface area contributed by atoms with Crippen molar-refractivity contribution in [3.63, 3.8) is 0 Å². The number of carbonyl (C=O) groups is 1. The van der Waals surface area contributed by atoms with Crippen molar-refractivity contribution in [3.8, 4) is 0 Å². The summed E-state index contributed by atoms with van der Waals surface area (Å²) in [6.07, 6.45) is 3.81. The molecular weight excluding hydrogens is 212 g/mol. The fourth-order valence-electron chi connectivity index (χ4n) is 2.66. The summed E-state index contributed by atoms with van der Waals surface area (Å²) in [5.74, 6) is -2.55. The van der Waals surface area contributed by atoms with Crippen LogP contribution in [-0.2, 0) is 4.79 Å². The van der Waals surface area contributed by atoms with Crippen molar-refractivity contribution in [2.75, 3.05) is 13.1 Å². The highest BCUT2D eigenvalue weighted by Gasteiger charge is 2.38. The Morgan fingerprint density at radius 1 is 1.06 bits per heavy atom. The number of likely N-dealkylation sites (tertiary alicyclic amines) is 1. The number of hydrogen-bond donors (Lipinski definition) is 0. The molecule has 1 aliphatic heterocycles. The van der Waals surface area contributed by atoms with Crippen LogP contribution in [0.25, 0.3) is 0 Å². The molecule has 92 valence electrons. The molecule has 0 N–H and O–H groups in total. The lowest BCUT2D eigenvalue weighted by atomic mass is 9.85. The van der Waals surface area contributed by atoms with Crippen LogP contribution in [0.15, 0.2) is 0 Å². The molecular formula is C12H19F2NO. The van der Waals surface area contributed by atoms with Gasteiger partial charge in [0.1, 0.15) is 0 Å². The summed E-state index contributed by atoms with van der Waals surface area (Å²) < 4.78 is 25.9. The number of rotatable bonds is 1. The topological polar surface area (TPSA) is 20.3 Å². The Bertz CT molecular complexity index is 252. The number of carbonyl (C=O) groups excluding carboxylic acids is 1. The summed E-state index contributed by atoms with van der Waals surface area (Å²) in [5, 5.41) is 0. The predicted molar refractivity (Wildman–Crippen MR) is 57.3 cm³/mol. The highest BCUT2D eigenvalue weighted by atomic mass is 19.3. The van der Waals surface area contributed by atoms with Gasteiger partial charge < -0.3 is 4.90 Å². The molecule has 0 unspecified atom stereocenters. The van der Waals surface area contributed by atoms with Gasteiger partial charge in [-0.2, -0.15) is 0 Å². The molecule has 0 aromatic rings. The average Bonchev–Trinajstić information content (AvgIpc) is 2.29. The molecule has 2 rings (SSSR count). The van der Waals surface area contributed by atoms with Crippen LogP contribution in [0.2, 0.25) is 0 Å². The Morgan fingerprint density at radius 2 is 1.62 bits per heavy atom. The van der Waals surface area contributed by atoms with Gasteiger partial charge in [0.15, 0.2) is 0 Å². The number of halogens is 2. The SMILES string of the molecule is O=C(C1CCC(F)(F)CC1)N1CCCCC1. The third-order valence-corrected chi connectivity index (χ3v) is 3.73. The van der Waals surface area contributed by atoms with Crippen LogP contribution in [0.3, 0.4) is 0 Å². The second-order valence-corrected chi connectivity index (χ2v) is 5.02. The van der Waals surface area contributed by atoms with Crippen molar-refractivity contribution in [2.24, 2.45) is 5.92 Å². The number of amides is 1. The Labute approximate surface area is 95.0 Å². The van der Waals surface area contributed by atoms with Gasteiger partial charge >= 0.3 is 0 Å².